The van der Waals surface area contributed by atoms with E-state index in [2.05, 4.69) is 0 Å². The minimum absolute atomic E-state index is 0.166. The van der Waals surface area contributed by atoms with Crippen molar-refractivity contribution in [3.63, 3.8) is 0 Å². The molecule has 1 unspecified atom stereocenters. The molecule has 2 rings (SSSR count). The van der Waals surface area contributed by atoms with Gasteiger partial charge in [-0.05, 0) is 12.1 Å². The van der Waals surface area contributed by atoms with Crippen LogP contribution in [0.25, 0.3) is 10.9 Å². The number of nitrogens with zero attached hydrogens (tertiary/aromatic N) is 1. The van der Waals surface area contributed by atoms with Gasteiger partial charge in [-0.15, -0.1) is 0 Å². The smallest absolute Gasteiger partial charge is 0.143 e. The molecule has 0 fully saturated rings. The van der Waals surface area contributed by atoms with Crippen molar-refractivity contribution in [2.75, 3.05) is 20.8 Å². The summed E-state index contributed by atoms with van der Waals surface area (Å²) < 4.78 is 12.6. The second-order valence-corrected chi connectivity index (χ2v) is 4.14. The van der Waals surface area contributed by atoms with Gasteiger partial charge in [0.25, 0.3) is 0 Å². The van der Waals surface area contributed by atoms with Crippen molar-refractivity contribution in [3.8, 4) is 11.5 Å². The molecule has 0 saturated carbocycles. The third kappa shape index (κ3) is 1.81. The molecule has 2 aromatic rings. The third-order valence-corrected chi connectivity index (χ3v) is 3.10. The van der Waals surface area contributed by atoms with Gasteiger partial charge in [0.15, 0.2) is 0 Å². The van der Waals surface area contributed by atoms with Gasteiger partial charge in [-0.3, -0.25) is 0 Å². The fourth-order valence-electron chi connectivity index (χ4n) is 2.23. The number of ether oxygens (including phenoxy) is 2. The molecular formula is C13H18N2O3. The molecule has 3 N–H and O–H groups in total. The Morgan fingerprint density at radius 1 is 1.28 bits per heavy atom. The summed E-state index contributed by atoms with van der Waals surface area (Å²) in [5, 5.41) is 10.8. The summed E-state index contributed by atoms with van der Waals surface area (Å²) in [7, 11) is 5.12. The van der Waals surface area contributed by atoms with Crippen molar-refractivity contribution < 1.29 is 14.6 Å². The van der Waals surface area contributed by atoms with E-state index in [9.17, 15) is 5.11 Å². The SMILES string of the molecule is COc1ccc(OC)c2c1c(C(O)CN)cn2C. The Hall–Kier alpha value is -1.72. The number of hydrogen-bond acceptors (Lipinski definition) is 4. The molecule has 1 aromatic carbocycles. The van der Waals surface area contributed by atoms with E-state index in [-0.39, 0.29) is 6.54 Å². The highest BCUT2D eigenvalue weighted by Crippen LogP contribution is 2.38. The van der Waals surface area contributed by atoms with Crippen LogP contribution in [0.1, 0.15) is 11.7 Å². The molecule has 0 aliphatic carbocycles. The number of aliphatic hydroxyl groups excluding tert-OH is 1. The summed E-state index contributed by atoms with van der Waals surface area (Å²) in [4.78, 5) is 0. The quantitative estimate of drug-likeness (QED) is 0.855. The van der Waals surface area contributed by atoms with E-state index in [0.717, 1.165) is 22.2 Å². The number of benzene rings is 1. The Balaban J connectivity index is 2.81. The van der Waals surface area contributed by atoms with Gasteiger partial charge in [-0.2, -0.15) is 0 Å². The molecule has 5 heteroatoms. The van der Waals surface area contributed by atoms with Gasteiger partial charge in [0.1, 0.15) is 11.5 Å². The Labute approximate surface area is 106 Å². The zero-order valence-electron chi connectivity index (χ0n) is 10.8. The third-order valence-electron chi connectivity index (χ3n) is 3.10. The van der Waals surface area contributed by atoms with Crippen LogP contribution in [0.15, 0.2) is 18.3 Å². The monoisotopic (exact) mass is 250 g/mol. The van der Waals surface area contributed by atoms with Gasteiger partial charge in [0.05, 0.1) is 31.2 Å². The van der Waals surface area contributed by atoms with Crippen molar-refractivity contribution in [1.29, 1.82) is 0 Å². The number of aliphatic hydroxyl groups is 1. The van der Waals surface area contributed by atoms with E-state index in [1.165, 1.54) is 0 Å². The zero-order chi connectivity index (χ0) is 13.3. The maximum atomic E-state index is 9.99. The van der Waals surface area contributed by atoms with Gasteiger partial charge in [0.2, 0.25) is 0 Å². The number of methoxy groups -OCH3 is 2. The number of fused-ring (bicyclic) bond motifs is 1. The van der Waals surface area contributed by atoms with Gasteiger partial charge in [0, 0.05) is 25.4 Å². The summed E-state index contributed by atoms with van der Waals surface area (Å²) in [6, 6.07) is 3.67. The standard InChI is InChI=1S/C13H18N2O3/c1-15-7-8(9(16)6-14)12-10(17-2)4-5-11(18-3)13(12)15/h4-5,7,9,16H,6,14H2,1-3H3. The Morgan fingerprint density at radius 3 is 2.44 bits per heavy atom. The van der Waals surface area contributed by atoms with Crippen LogP contribution in [0.3, 0.4) is 0 Å². The molecule has 5 nitrogen and oxygen atoms in total. The normalized spacial score (nSPS) is 12.7. The van der Waals surface area contributed by atoms with Crippen LogP contribution in [0.5, 0.6) is 11.5 Å². The van der Waals surface area contributed by atoms with Crippen LogP contribution in [0, 0.1) is 0 Å². The maximum Gasteiger partial charge on any atom is 0.143 e. The molecule has 0 radical (unpaired) electrons. The average Bonchev–Trinajstić information content (AvgIpc) is 2.75. The van der Waals surface area contributed by atoms with Crippen LogP contribution in [0.4, 0.5) is 0 Å². The fraction of sp³-hybridized carbons (Fsp3) is 0.385. The first-order valence-electron chi connectivity index (χ1n) is 5.72. The van der Waals surface area contributed by atoms with Gasteiger partial charge in [-0.25, -0.2) is 0 Å². The summed E-state index contributed by atoms with van der Waals surface area (Å²) in [6.45, 7) is 0.166. The van der Waals surface area contributed by atoms with Crippen molar-refractivity contribution >= 4 is 10.9 Å². The first-order valence-corrected chi connectivity index (χ1v) is 5.72. The first-order chi connectivity index (χ1) is 8.63. The molecule has 98 valence electrons. The molecule has 18 heavy (non-hydrogen) atoms. The molecule has 1 atom stereocenters. The van der Waals surface area contributed by atoms with Crippen LogP contribution in [-0.4, -0.2) is 30.4 Å². The molecule has 0 aliphatic rings. The molecule has 0 spiro atoms. The minimum atomic E-state index is -0.713. The molecule has 1 aromatic heterocycles. The lowest BCUT2D eigenvalue weighted by Gasteiger charge is -2.10. The van der Waals surface area contributed by atoms with E-state index in [1.54, 1.807) is 14.2 Å². The first kappa shape index (κ1) is 12.7. The number of hydrogen-bond donors (Lipinski definition) is 2. The largest absolute Gasteiger partial charge is 0.496 e. The zero-order valence-corrected chi connectivity index (χ0v) is 10.8. The van der Waals surface area contributed by atoms with Crippen molar-refractivity contribution in [1.82, 2.24) is 4.57 Å². The number of aryl methyl sites for hydroxylation is 1. The van der Waals surface area contributed by atoms with Crippen molar-refractivity contribution in [3.05, 3.63) is 23.9 Å². The number of rotatable bonds is 4. The van der Waals surface area contributed by atoms with Crippen LogP contribution in [0.2, 0.25) is 0 Å². The van der Waals surface area contributed by atoms with Gasteiger partial charge >= 0.3 is 0 Å². The van der Waals surface area contributed by atoms with Crippen LogP contribution >= 0.6 is 0 Å². The second kappa shape index (κ2) is 4.88. The predicted molar refractivity (Wildman–Crippen MR) is 70.0 cm³/mol. The summed E-state index contributed by atoms with van der Waals surface area (Å²) in [6.07, 6.45) is 1.14. The van der Waals surface area contributed by atoms with Gasteiger partial charge < -0.3 is 24.9 Å². The molecule has 0 amide bonds. The van der Waals surface area contributed by atoms with Crippen molar-refractivity contribution in [2.45, 2.75) is 6.10 Å². The summed E-state index contributed by atoms with van der Waals surface area (Å²) in [5.41, 5.74) is 7.18. The van der Waals surface area contributed by atoms with Crippen LogP contribution in [-0.2, 0) is 7.05 Å². The fourth-order valence-corrected chi connectivity index (χ4v) is 2.23. The average molecular weight is 250 g/mol. The second-order valence-electron chi connectivity index (χ2n) is 4.14. The van der Waals surface area contributed by atoms with Gasteiger partial charge in [-0.1, -0.05) is 0 Å². The molecule has 0 saturated heterocycles. The van der Waals surface area contributed by atoms with E-state index in [0.29, 0.717) is 5.75 Å². The number of aromatic nitrogens is 1. The highest BCUT2D eigenvalue weighted by Gasteiger charge is 2.19. The highest BCUT2D eigenvalue weighted by molar-refractivity contribution is 5.94. The summed E-state index contributed by atoms with van der Waals surface area (Å²) >= 11 is 0. The Bertz CT molecular complexity index is 563. The Kier molecular flexibility index (Phi) is 3.45. The lowest BCUT2D eigenvalue weighted by molar-refractivity contribution is 0.188. The molecular weight excluding hydrogens is 232 g/mol. The van der Waals surface area contributed by atoms with E-state index in [1.807, 2.05) is 29.9 Å². The molecule has 1 heterocycles. The highest BCUT2D eigenvalue weighted by atomic mass is 16.5. The molecule has 0 bridgehead atoms. The van der Waals surface area contributed by atoms with E-state index >= 15 is 0 Å². The lowest BCUT2D eigenvalue weighted by Crippen LogP contribution is -2.11. The van der Waals surface area contributed by atoms with E-state index < -0.39 is 6.10 Å². The van der Waals surface area contributed by atoms with Crippen LogP contribution < -0.4 is 15.2 Å². The topological polar surface area (TPSA) is 69.6 Å². The minimum Gasteiger partial charge on any atom is -0.496 e. The van der Waals surface area contributed by atoms with Crippen molar-refractivity contribution in [2.24, 2.45) is 12.8 Å². The number of nitrogens with two attached hydrogens (primary N) is 1. The lowest BCUT2D eigenvalue weighted by atomic mass is 10.1. The molecule has 0 aliphatic heterocycles. The Morgan fingerprint density at radius 2 is 1.89 bits per heavy atom. The predicted octanol–water partition coefficient (Wildman–Crippen LogP) is 1.19. The maximum absolute atomic E-state index is 9.99. The van der Waals surface area contributed by atoms with E-state index in [4.69, 9.17) is 15.2 Å². The summed E-state index contributed by atoms with van der Waals surface area (Å²) in [5.74, 6) is 1.44.